The molecule has 2 N–H and O–H groups in total. The first kappa shape index (κ1) is 14.1. The number of aromatic nitrogens is 2. The van der Waals surface area contributed by atoms with E-state index >= 15 is 0 Å². The maximum atomic E-state index is 12.6. The van der Waals surface area contributed by atoms with Crippen molar-refractivity contribution in [3.63, 3.8) is 0 Å². The summed E-state index contributed by atoms with van der Waals surface area (Å²) in [6.45, 7) is 0. The average Bonchev–Trinajstić information content (AvgIpc) is 2.62. The molecule has 2 aromatic heterocycles. The van der Waals surface area contributed by atoms with Crippen LogP contribution < -0.4 is 5.43 Å². The first-order valence-corrected chi connectivity index (χ1v) is 7.38. The molecule has 0 bridgehead atoms. The molecule has 2 heterocycles. The van der Waals surface area contributed by atoms with Crippen molar-refractivity contribution < 1.29 is 9.90 Å². The van der Waals surface area contributed by atoms with Crippen LogP contribution in [0.25, 0.3) is 21.9 Å². The van der Waals surface area contributed by atoms with Crippen molar-refractivity contribution >= 4 is 27.7 Å². The Bertz CT molecular complexity index is 1160. The number of hydrogen-bond acceptors (Lipinski definition) is 4. The highest BCUT2D eigenvalue weighted by Gasteiger charge is 2.15. The zero-order chi connectivity index (χ0) is 16.7. The molecule has 0 aliphatic carbocycles. The second-order valence-electron chi connectivity index (χ2n) is 5.47. The highest BCUT2D eigenvalue weighted by Crippen LogP contribution is 2.21. The third-order valence-electron chi connectivity index (χ3n) is 3.97. The number of rotatable bonds is 2. The molecule has 5 heteroatoms. The number of hydrogen-bond donors (Lipinski definition) is 2. The molecule has 4 rings (SSSR count). The van der Waals surface area contributed by atoms with Gasteiger partial charge in [0, 0.05) is 17.1 Å². The van der Waals surface area contributed by atoms with Crippen LogP contribution in [-0.4, -0.2) is 20.9 Å². The van der Waals surface area contributed by atoms with Crippen LogP contribution in [0.2, 0.25) is 0 Å². The lowest BCUT2D eigenvalue weighted by molar-refractivity contribution is 0.103. The van der Waals surface area contributed by atoms with Crippen LogP contribution in [0.3, 0.4) is 0 Å². The molecule has 0 unspecified atom stereocenters. The second-order valence-corrected chi connectivity index (χ2v) is 5.47. The highest BCUT2D eigenvalue weighted by molar-refractivity contribution is 6.11. The zero-order valence-corrected chi connectivity index (χ0v) is 12.5. The molecule has 116 valence electrons. The number of ketones is 1. The minimum Gasteiger partial charge on any atom is -0.507 e. The first-order chi connectivity index (χ1) is 11.6. The Morgan fingerprint density at radius 1 is 1.00 bits per heavy atom. The molecule has 5 nitrogen and oxygen atoms in total. The summed E-state index contributed by atoms with van der Waals surface area (Å²) in [4.78, 5) is 32.5. The van der Waals surface area contributed by atoms with Gasteiger partial charge in [0.05, 0.1) is 16.5 Å². The van der Waals surface area contributed by atoms with E-state index in [0.29, 0.717) is 21.9 Å². The van der Waals surface area contributed by atoms with Crippen LogP contribution in [-0.2, 0) is 0 Å². The van der Waals surface area contributed by atoms with Crippen molar-refractivity contribution in [2.24, 2.45) is 0 Å². The van der Waals surface area contributed by atoms with Gasteiger partial charge in [-0.05, 0) is 30.3 Å². The molecule has 4 aromatic rings. The van der Waals surface area contributed by atoms with Crippen LogP contribution in [0, 0.1) is 0 Å². The van der Waals surface area contributed by atoms with E-state index in [9.17, 15) is 14.7 Å². The van der Waals surface area contributed by atoms with Gasteiger partial charge >= 0.3 is 0 Å². The van der Waals surface area contributed by atoms with Crippen LogP contribution in [0.5, 0.6) is 5.75 Å². The third-order valence-corrected chi connectivity index (χ3v) is 3.97. The number of carbonyl (C=O) groups excluding carboxylic acids is 1. The van der Waals surface area contributed by atoms with Crippen molar-refractivity contribution in [1.29, 1.82) is 0 Å². The summed E-state index contributed by atoms with van der Waals surface area (Å²) < 4.78 is 0. The third kappa shape index (κ3) is 2.14. The quantitative estimate of drug-likeness (QED) is 0.440. The molecule has 0 spiro atoms. The average molecular weight is 316 g/mol. The number of benzene rings is 2. The van der Waals surface area contributed by atoms with E-state index in [0.717, 1.165) is 0 Å². The van der Waals surface area contributed by atoms with Gasteiger partial charge in [-0.15, -0.1) is 0 Å². The Labute approximate surface area is 136 Å². The molecule has 0 radical (unpaired) electrons. The number of nitrogens with one attached hydrogen (secondary N) is 1. The monoisotopic (exact) mass is 316 g/mol. The molecule has 2 aromatic carbocycles. The van der Waals surface area contributed by atoms with Crippen molar-refractivity contribution in [3.8, 4) is 5.75 Å². The Balaban J connectivity index is 1.94. The maximum Gasteiger partial charge on any atom is 0.198 e. The molecule has 0 amide bonds. The number of carbonyl (C=O) groups is 1. The minimum absolute atomic E-state index is 0.102. The number of nitrogens with zero attached hydrogens (tertiary/aromatic N) is 1. The highest BCUT2D eigenvalue weighted by atomic mass is 16.3. The van der Waals surface area contributed by atoms with Crippen molar-refractivity contribution in [2.45, 2.75) is 0 Å². The summed E-state index contributed by atoms with van der Waals surface area (Å²) in [6.07, 6.45) is 1.40. The Morgan fingerprint density at radius 3 is 2.58 bits per heavy atom. The summed E-state index contributed by atoms with van der Waals surface area (Å²) in [5, 5.41) is 10.7. The lowest BCUT2D eigenvalue weighted by Crippen LogP contribution is -2.08. The number of para-hydroxylation sites is 2. The summed E-state index contributed by atoms with van der Waals surface area (Å²) in [6, 6.07) is 15.0. The van der Waals surface area contributed by atoms with E-state index in [4.69, 9.17) is 0 Å². The molecule has 0 fully saturated rings. The molecular formula is C19H12N2O3. The predicted octanol–water partition coefficient (Wildman–Crippen LogP) is 3.01. The van der Waals surface area contributed by atoms with Gasteiger partial charge in [-0.2, -0.15) is 0 Å². The molecule has 0 saturated carbocycles. The second kappa shape index (κ2) is 5.31. The van der Waals surface area contributed by atoms with E-state index in [1.54, 1.807) is 30.3 Å². The van der Waals surface area contributed by atoms with E-state index in [-0.39, 0.29) is 28.1 Å². The number of pyridine rings is 2. The first-order valence-electron chi connectivity index (χ1n) is 7.38. The van der Waals surface area contributed by atoms with Gasteiger partial charge < -0.3 is 10.1 Å². The Hall–Kier alpha value is -3.47. The van der Waals surface area contributed by atoms with E-state index in [1.165, 1.54) is 24.4 Å². The molecule has 0 saturated heterocycles. The number of aromatic amines is 1. The lowest BCUT2D eigenvalue weighted by Gasteiger charge is -2.06. The topological polar surface area (TPSA) is 83.0 Å². The summed E-state index contributed by atoms with van der Waals surface area (Å²) in [5.74, 6) is -0.481. The molecule has 0 aliphatic rings. The smallest absolute Gasteiger partial charge is 0.198 e. The van der Waals surface area contributed by atoms with Crippen molar-refractivity contribution in [1.82, 2.24) is 9.97 Å². The number of phenols is 1. The molecular weight excluding hydrogens is 304 g/mol. The van der Waals surface area contributed by atoms with Crippen LogP contribution >= 0.6 is 0 Å². The van der Waals surface area contributed by atoms with Gasteiger partial charge in [-0.3, -0.25) is 9.59 Å². The van der Waals surface area contributed by atoms with Gasteiger partial charge in [0.15, 0.2) is 11.2 Å². The number of H-pyrrole nitrogens is 1. The molecule has 0 aliphatic heterocycles. The van der Waals surface area contributed by atoms with E-state index in [2.05, 4.69) is 9.97 Å². The van der Waals surface area contributed by atoms with Crippen LogP contribution in [0.4, 0.5) is 0 Å². The minimum atomic E-state index is -0.380. The van der Waals surface area contributed by atoms with Gasteiger partial charge in [0.2, 0.25) is 0 Å². The van der Waals surface area contributed by atoms with Crippen molar-refractivity contribution in [3.05, 3.63) is 82.1 Å². The van der Waals surface area contributed by atoms with Gasteiger partial charge in [-0.25, -0.2) is 4.98 Å². The van der Waals surface area contributed by atoms with Gasteiger partial charge in [0.25, 0.3) is 0 Å². The van der Waals surface area contributed by atoms with E-state index < -0.39 is 0 Å². The standard InChI is InChI=1S/C19H12N2O3/c22-16-8-4-2-6-13(16)17(23)11-9-14-18(24)12-5-1-3-7-15(12)21-19(14)20-10-11/h1-10,22H,(H,20,21,24). The fraction of sp³-hybridized carbons (Fsp3) is 0. The predicted molar refractivity (Wildman–Crippen MR) is 91.4 cm³/mol. The fourth-order valence-electron chi connectivity index (χ4n) is 2.75. The Morgan fingerprint density at radius 2 is 1.75 bits per heavy atom. The SMILES string of the molecule is O=C(c1cnc2[nH]c3ccccc3c(=O)c2c1)c1ccccc1O. The van der Waals surface area contributed by atoms with Crippen LogP contribution in [0.1, 0.15) is 15.9 Å². The van der Waals surface area contributed by atoms with Gasteiger partial charge in [0.1, 0.15) is 11.4 Å². The van der Waals surface area contributed by atoms with Gasteiger partial charge in [-0.1, -0.05) is 24.3 Å². The summed E-state index contributed by atoms with van der Waals surface area (Å²) in [7, 11) is 0. The fourth-order valence-corrected chi connectivity index (χ4v) is 2.75. The number of aromatic hydroxyl groups is 1. The maximum absolute atomic E-state index is 12.6. The largest absolute Gasteiger partial charge is 0.507 e. The molecule has 0 atom stereocenters. The van der Waals surface area contributed by atoms with Crippen LogP contribution in [0.15, 0.2) is 65.6 Å². The van der Waals surface area contributed by atoms with E-state index in [1.807, 2.05) is 6.07 Å². The lowest BCUT2D eigenvalue weighted by atomic mass is 10.0. The zero-order valence-electron chi connectivity index (χ0n) is 12.5. The number of phenolic OH excluding ortho intramolecular Hbond substituents is 1. The molecule has 24 heavy (non-hydrogen) atoms. The summed E-state index contributed by atoms with van der Waals surface area (Å²) >= 11 is 0. The van der Waals surface area contributed by atoms with Crippen molar-refractivity contribution in [2.75, 3.05) is 0 Å². The Kier molecular flexibility index (Phi) is 3.13. The normalized spacial score (nSPS) is 11.0. The summed E-state index contributed by atoms with van der Waals surface area (Å²) in [5.41, 5.74) is 1.37. The number of fused-ring (bicyclic) bond motifs is 2.